The zero-order valence-electron chi connectivity index (χ0n) is 32.1. The Bertz CT molecular complexity index is 1310. The van der Waals surface area contributed by atoms with Crippen LogP contribution in [0.1, 0.15) is 138 Å². The number of aliphatic hydroxyl groups excluding tert-OH is 2. The van der Waals surface area contributed by atoms with Crippen LogP contribution < -0.4 is 0 Å². The third kappa shape index (κ3) is 5.06. The molecule has 8 rings (SSSR count). The molecule has 2 saturated heterocycles. The third-order valence-electron chi connectivity index (χ3n) is 16.9. The van der Waals surface area contributed by atoms with E-state index in [-0.39, 0.29) is 51.8 Å². The van der Waals surface area contributed by atoms with Gasteiger partial charge in [0.05, 0.1) is 31.0 Å². The van der Waals surface area contributed by atoms with Crippen LogP contribution in [0.2, 0.25) is 0 Å². The van der Waals surface area contributed by atoms with E-state index in [1.54, 1.807) is 19.8 Å². The molecule has 0 aromatic carbocycles. The van der Waals surface area contributed by atoms with E-state index >= 15 is 0 Å². The van der Waals surface area contributed by atoms with E-state index in [9.17, 15) is 20.1 Å². The predicted octanol–water partition coefficient (Wildman–Crippen LogP) is 6.76. The van der Waals surface area contributed by atoms with E-state index in [4.69, 9.17) is 14.2 Å². The molecule has 281 valence electrons. The Balaban J connectivity index is 0.974. The largest absolute Gasteiger partial charge is 0.389 e. The standard InChI is InChI=1S/C42H66NO7/c1-25-21-27(35(45)38(4,5)47)49-34-33(25)39(6)17-18-42-24-41(42)16-15-30(37(2,3)28(41)13-14-29(42)40(39,7)36(34)46)50-32-23-43(19-20-48-32)31(44)22-26-11-9-8-10-12-26/h25-26,28,30,32-33,35-36,45-47H,8-24H2,1-7H3/t25-,28+,30?,32+,33+,35+,36+,39-,40-,41-,42+/m1/s1. The Morgan fingerprint density at radius 2 is 1.80 bits per heavy atom. The van der Waals surface area contributed by atoms with Crippen molar-refractivity contribution in [2.75, 3.05) is 19.7 Å². The maximum Gasteiger partial charge on any atom is 0.223 e. The van der Waals surface area contributed by atoms with Crippen LogP contribution in [0.15, 0.2) is 0 Å². The van der Waals surface area contributed by atoms with Gasteiger partial charge < -0.3 is 34.4 Å². The van der Waals surface area contributed by atoms with Crippen LogP contribution in [0.25, 0.3) is 0 Å². The second-order valence-corrected chi connectivity index (χ2v) is 20.0. The SMILES string of the molecule is C[C@@H]1C[C]([C@H](O)C(C)(C)O)O[C]2[C@H]1[C@@]1(C)CC[C@@]34C[C@@]35CCC(O[C@H]3CN(C(=O)CC6CCCCC6)CCO3)C(C)(C)[C@@H]5CC[C]4[C@]1(C)[C@H]2O. The van der Waals surface area contributed by atoms with Crippen molar-refractivity contribution in [1.29, 1.82) is 0 Å². The van der Waals surface area contributed by atoms with Gasteiger partial charge in [0.15, 0.2) is 6.29 Å². The number of fused-ring (bicyclic) bond motifs is 4. The monoisotopic (exact) mass is 696 g/mol. The minimum atomic E-state index is -1.31. The molecule has 0 aromatic rings. The van der Waals surface area contributed by atoms with E-state index in [1.165, 1.54) is 44.9 Å². The first-order chi connectivity index (χ1) is 23.5. The molecule has 6 saturated carbocycles. The molecule has 8 heteroatoms. The number of ether oxygens (including phenoxy) is 3. The van der Waals surface area contributed by atoms with Gasteiger partial charge in [-0.1, -0.05) is 53.9 Å². The van der Waals surface area contributed by atoms with Crippen molar-refractivity contribution in [1.82, 2.24) is 4.90 Å². The average Bonchev–Trinajstić information content (AvgIpc) is 3.70. The average molecular weight is 697 g/mol. The minimum Gasteiger partial charge on any atom is -0.389 e. The fourth-order valence-electron chi connectivity index (χ4n) is 14.1. The van der Waals surface area contributed by atoms with Gasteiger partial charge in [-0.05, 0) is 123 Å². The summed E-state index contributed by atoms with van der Waals surface area (Å²) in [6, 6.07) is 0. The van der Waals surface area contributed by atoms with Crippen molar-refractivity contribution in [2.24, 2.45) is 50.7 Å². The van der Waals surface area contributed by atoms with E-state index in [2.05, 4.69) is 34.6 Å². The number of hydrogen-bond donors (Lipinski definition) is 3. The number of nitrogens with zero attached hydrogens (tertiary/aromatic N) is 1. The van der Waals surface area contributed by atoms with E-state index in [0.29, 0.717) is 50.5 Å². The van der Waals surface area contributed by atoms with Gasteiger partial charge in [-0.25, -0.2) is 0 Å². The molecule has 3 N–H and O–H groups in total. The lowest BCUT2D eigenvalue weighted by Crippen LogP contribution is -2.59. The number of amides is 1. The number of carbonyl (C=O) groups excluding carboxylic acids is 1. The first kappa shape index (κ1) is 36.2. The van der Waals surface area contributed by atoms with Gasteiger partial charge in [0.25, 0.3) is 0 Å². The lowest BCUT2D eigenvalue weighted by atomic mass is 9.41. The highest BCUT2D eigenvalue weighted by atomic mass is 16.7. The molecule has 8 fully saturated rings. The second-order valence-electron chi connectivity index (χ2n) is 20.0. The summed E-state index contributed by atoms with van der Waals surface area (Å²) in [4.78, 5) is 15.3. The Hall–Kier alpha value is -0.770. The van der Waals surface area contributed by atoms with Crippen LogP contribution in [0.4, 0.5) is 0 Å². The van der Waals surface area contributed by atoms with Crippen LogP contribution in [-0.4, -0.2) is 76.0 Å². The number of rotatable bonds is 6. The summed E-state index contributed by atoms with van der Waals surface area (Å²) in [5, 5.41) is 34.0. The molecule has 0 aromatic heterocycles. The summed E-state index contributed by atoms with van der Waals surface area (Å²) in [7, 11) is 0. The van der Waals surface area contributed by atoms with Gasteiger partial charge in [-0.3, -0.25) is 4.79 Å². The zero-order valence-corrected chi connectivity index (χ0v) is 32.1. The molecule has 2 aliphatic heterocycles. The first-order valence-corrected chi connectivity index (χ1v) is 20.4. The topological polar surface area (TPSA) is 109 Å². The second kappa shape index (κ2) is 12.1. The quantitative estimate of drug-likeness (QED) is 0.282. The molecular formula is C42H66NO7. The van der Waals surface area contributed by atoms with Gasteiger partial charge >= 0.3 is 0 Å². The van der Waals surface area contributed by atoms with E-state index < -0.39 is 23.2 Å². The van der Waals surface area contributed by atoms with E-state index in [0.717, 1.165) is 38.2 Å². The number of hydrogen-bond acceptors (Lipinski definition) is 7. The molecule has 6 aliphatic carbocycles. The smallest absolute Gasteiger partial charge is 0.223 e. The maximum absolute atomic E-state index is 13.3. The van der Waals surface area contributed by atoms with Crippen LogP contribution in [-0.2, 0) is 19.0 Å². The molecule has 50 heavy (non-hydrogen) atoms. The summed E-state index contributed by atoms with van der Waals surface area (Å²) in [5.74, 6) is 3.25. The zero-order chi connectivity index (χ0) is 35.6. The van der Waals surface area contributed by atoms with Crippen LogP contribution in [0.3, 0.4) is 0 Å². The molecule has 2 spiro atoms. The Morgan fingerprint density at radius 1 is 1.06 bits per heavy atom. The normalized spacial score (nSPS) is 47.4. The molecule has 8 nitrogen and oxygen atoms in total. The van der Waals surface area contributed by atoms with E-state index in [1.807, 2.05) is 4.90 Å². The van der Waals surface area contributed by atoms with Gasteiger partial charge in [-0.15, -0.1) is 0 Å². The number of morpholine rings is 1. The molecule has 3 radical (unpaired) electrons. The summed E-state index contributed by atoms with van der Waals surface area (Å²) < 4.78 is 19.6. The summed E-state index contributed by atoms with van der Waals surface area (Å²) in [6.07, 6.45) is 14.3. The molecule has 1 unspecified atom stereocenters. The van der Waals surface area contributed by atoms with Crippen LogP contribution in [0.5, 0.6) is 0 Å². The van der Waals surface area contributed by atoms with Gasteiger partial charge in [0.2, 0.25) is 5.91 Å². The Labute approximate surface area is 301 Å². The Morgan fingerprint density at radius 3 is 2.52 bits per heavy atom. The van der Waals surface area contributed by atoms with Crippen molar-refractivity contribution in [3.63, 3.8) is 0 Å². The fourth-order valence-corrected chi connectivity index (χ4v) is 14.1. The lowest BCUT2D eigenvalue weighted by molar-refractivity contribution is -0.242. The Kier molecular flexibility index (Phi) is 8.78. The van der Waals surface area contributed by atoms with Crippen molar-refractivity contribution in [2.45, 2.75) is 169 Å². The highest BCUT2D eigenvalue weighted by Crippen LogP contribution is 2.90. The van der Waals surface area contributed by atoms with Crippen molar-refractivity contribution in [3.05, 3.63) is 18.1 Å². The summed E-state index contributed by atoms with van der Waals surface area (Å²) in [5.41, 5.74) is -1.48. The van der Waals surface area contributed by atoms with Crippen molar-refractivity contribution in [3.8, 4) is 0 Å². The maximum atomic E-state index is 13.3. The lowest BCUT2D eigenvalue weighted by Gasteiger charge is -2.63. The highest BCUT2D eigenvalue weighted by molar-refractivity contribution is 5.76. The highest BCUT2D eigenvalue weighted by Gasteiger charge is 2.85. The fraction of sp³-hybridized carbons (Fsp3) is 0.905. The van der Waals surface area contributed by atoms with Gasteiger partial charge in [0, 0.05) is 24.3 Å². The van der Waals surface area contributed by atoms with Gasteiger partial charge in [-0.2, -0.15) is 0 Å². The predicted molar refractivity (Wildman–Crippen MR) is 189 cm³/mol. The summed E-state index contributed by atoms with van der Waals surface area (Å²) in [6.45, 7) is 16.8. The third-order valence-corrected chi connectivity index (χ3v) is 16.9. The van der Waals surface area contributed by atoms with Crippen LogP contribution in [0, 0.1) is 68.9 Å². The number of carbonyl (C=O) groups is 1. The number of aliphatic hydroxyl groups is 3. The van der Waals surface area contributed by atoms with Crippen molar-refractivity contribution < 1.29 is 34.3 Å². The molecule has 2 heterocycles. The first-order valence-electron chi connectivity index (χ1n) is 20.4. The molecule has 11 atom stereocenters. The van der Waals surface area contributed by atoms with Crippen LogP contribution >= 0.6 is 0 Å². The minimum absolute atomic E-state index is 0.0293. The molecule has 0 bridgehead atoms. The molecule has 8 aliphatic rings. The molecular weight excluding hydrogens is 630 g/mol. The van der Waals surface area contributed by atoms with Gasteiger partial charge in [0.1, 0.15) is 18.3 Å². The summed E-state index contributed by atoms with van der Waals surface area (Å²) >= 11 is 0. The molecule has 1 amide bonds. The van der Waals surface area contributed by atoms with Crippen molar-refractivity contribution >= 4 is 5.91 Å².